The summed E-state index contributed by atoms with van der Waals surface area (Å²) >= 11 is 0. The third kappa shape index (κ3) is 6.64. The van der Waals surface area contributed by atoms with E-state index < -0.39 is 0 Å². The number of guanidine groups is 1. The first-order valence-electron chi connectivity index (χ1n) is 10.8. The van der Waals surface area contributed by atoms with Gasteiger partial charge in [0.05, 0.1) is 19.2 Å². The first-order chi connectivity index (χ1) is 13.1. The molecule has 2 saturated heterocycles. The molecule has 1 amide bonds. The first kappa shape index (κ1) is 23.5. The van der Waals surface area contributed by atoms with Crippen molar-refractivity contribution < 1.29 is 9.53 Å². The van der Waals surface area contributed by atoms with Crippen LogP contribution in [0.3, 0.4) is 0 Å². The van der Waals surface area contributed by atoms with E-state index in [1.807, 2.05) is 6.92 Å². The van der Waals surface area contributed by atoms with Gasteiger partial charge < -0.3 is 25.6 Å². The van der Waals surface area contributed by atoms with Crippen LogP contribution in [0, 0.1) is 5.92 Å². The zero-order valence-electron chi connectivity index (χ0n) is 17.6. The number of nitrogens with one attached hydrogen (secondary N) is 3. The highest BCUT2D eigenvalue weighted by Gasteiger charge is 2.36. The second-order valence-electron chi connectivity index (χ2n) is 8.25. The quantitative estimate of drug-likeness (QED) is 0.281. The molecule has 0 aromatic rings. The van der Waals surface area contributed by atoms with Crippen molar-refractivity contribution in [2.75, 3.05) is 26.7 Å². The standard InChI is InChI=1S/C20H37N5O2.HI/c1-4-21-19(22-13-18(14-9-10-14)24-20(26)27-5-2)23-15-11-16-7-6-8-17(12-15)25(16)3;/h14-18H,4-13H2,1-3H3,(H,24,26)(H2,21,22,23);1H. The van der Waals surface area contributed by atoms with Crippen molar-refractivity contribution in [2.45, 2.75) is 83.0 Å². The number of aliphatic imine (C=N–C) groups is 1. The Kier molecular flexibility index (Phi) is 9.59. The molecule has 8 heteroatoms. The van der Waals surface area contributed by atoms with Crippen LogP contribution in [-0.2, 0) is 4.74 Å². The van der Waals surface area contributed by atoms with Crippen LogP contribution in [0.25, 0.3) is 0 Å². The summed E-state index contributed by atoms with van der Waals surface area (Å²) in [5, 5.41) is 10.0. The summed E-state index contributed by atoms with van der Waals surface area (Å²) in [5.74, 6) is 1.41. The minimum absolute atomic E-state index is 0. The third-order valence-electron chi connectivity index (χ3n) is 6.24. The predicted molar refractivity (Wildman–Crippen MR) is 123 cm³/mol. The molecule has 0 radical (unpaired) electrons. The van der Waals surface area contributed by atoms with E-state index in [1.54, 1.807) is 0 Å². The highest BCUT2D eigenvalue weighted by Crippen LogP contribution is 2.33. The van der Waals surface area contributed by atoms with Crippen LogP contribution in [0.4, 0.5) is 4.79 Å². The summed E-state index contributed by atoms with van der Waals surface area (Å²) in [5.41, 5.74) is 0. The zero-order valence-corrected chi connectivity index (χ0v) is 19.9. The van der Waals surface area contributed by atoms with Crippen LogP contribution in [0.15, 0.2) is 4.99 Å². The van der Waals surface area contributed by atoms with Gasteiger partial charge in [0.1, 0.15) is 0 Å². The van der Waals surface area contributed by atoms with Crippen LogP contribution in [0.5, 0.6) is 0 Å². The zero-order chi connectivity index (χ0) is 19.2. The molecule has 162 valence electrons. The van der Waals surface area contributed by atoms with E-state index in [4.69, 9.17) is 9.73 Å². The Morgan fingerprint density at radius 2 is 1.86 bits per heavy atom. The lowest BCUT2D eigenvalue weighted by atomic mass is 9.82. The van der Waals surface area contributed by atoms with Crippen LogP contribution in [0.2, 0.25) is 0 Å². The molecule has 2 heterocycles. The number of rotatable bonds is 7. The van der Waals surface area contributed by atoms with Gasteiger partial charge in [-0.1, -0.05) is 6.42 Å². The molecule has 3 atom stereocenters. The van der Waals surface area contributed by atoms with Crippen molar-refractivity contribution in [1.82, 2.24) is 20.9 Å². The molecule has 3 unspecified atom stereocenters. The highest BCUT2D eigenvalue weighted by atomic mass is 127. The number of hydrogen-bond acceptors (Lipinski definition) is 4. The molecule has 3 N–H and O–H groups in total. The normalized spacial score (nSPS) is 28.7. The van der Waals surface area contributed by atoms with Gasteiger partial charge in [0.15, 0.2) is 5.96 Å². The average Bonchev–Trinajstić information content (AvgIpc) is 3.44. The third-order valence-corrected chi connectivity index (χ3v) is 6.24. The maximum Gasteiger partial charge on any atom is 0.407 e. The smallest absolute Gasteiger partial charge is 0.407 e. The van der Waals surface area contributed by atoms with Gasteiger partial charge in [-0.15, -0.1) is 24.0 Å². The molecule has 2 bridgehead atoms. The van der Waals surface area contributed by atoms with Gasteiger partial charge in [0, 0.05) is 24.7 Å². The first-order valence-corrected chi connectivity index (χ1v) is 10.8. The fourth-order valence-electron chi connectivity index (χ4n) is 4.57. The summed E-state index contributed by atoms with van der Waals surface area (Å²) in [6.07, 6.45) is 8.35. The number of alkyl carbamates (subject to hydrolysis) is 1. The summed E-state index contributed by atoms with van der Waals surface area (Å²) in [4.78, 5) is 19.2. The second kappa shape index (κ2) is 11.4. The Hall–Kier alpha value is -0.770. The van der Waals surface area contributed by atoms with Crippen molar-refractivity contribution >= 4 is 36.0 Å². The average molecular weight is 507 g/mol. The number of nitrogens with zero attached hydrogens (tertiary/aromatic N) is 2. The van der Waals surface area contributed by atoms with Gasteiger partial charge in [0.25, 0.3) is 0 Å². The summed E-state index contributed by atoms with van der Waals surface area (Å²) in [7, 11) is 2.28. The molecule has 7 nitrogen and oxygen atoms in total. The monoisotopic (exact) mass is 507 g/mol. The molecule has 0 aromatic carbocycles. The summed E-state index contributed by atoms with van der Waals surface area (Å²) in [6, 6.07) is 1.94. The van der Waals surface area contributed by atoms with Crippen LogP contribution >= 0.6 is 24.0 Å². The molecule has 3 fully saturated rings. The molecule has 0 aromatic heterocycles. The lowest BCUT2D eigenvalue weighted by molar-refractivity contribution is 0.0526. The van der Waals surface area contributed by atoms with Crippen LogP contribution in [-0.4, -0.2) is 67.9 Å². The lowest BCUT2D eigenvalue weighted by Gasteiger charge is -2.47. The van der Waals surface area contributed by atoms with Crippen molar-refractivity contribution in [1.29, 1.82) is 0 Å². The molecular weight excluding hydrogens is 469 g/mol. The Morgan fingerprint density at radius 3 is 2.43 bits per heavy atom. The Balaban J connectivity index is 0.00000280. The minimum Gasteiger partial charge on any atom is -0.450 e. The lowest BCUT2D eigenvalue weighted by Crippen LogP contribution is -2.56. The Morgan fingerprint density at radius 1 is 1.18 bits per heavy atom. The maximum atomic E-state index is 11.8. The van der Waals surface area contributed by atoms with Crippen molar-refractivity contribution in [3.05, 3.63) is 0 Å². The second-order valence-corrected chi connectivity index (χ2v) is 8.25. The molecule has 2 aliphatic heterocycles. The SMILES string of the molecule is CCNC(=NCC(NC(=O)OCC)C1CC1)NC1CC2CCCC(C1)N2C.I. The number of ether oxygens (including phenoxy) is 1. The van der Waals surface area contributed by atoms with E-state index in [2.05, 4.69) is 34.8 Å². The molecule has 28 heavy (non-hydrogen) atoms. The van der Waals surface area contributed by atoms with E-state index in [-0.39, 0.29) is 36.1 Å². The number of carbonyl (C=O) groups is 1. The van der Waals surface area contributed by atoms with Gasteiger partial charge in [0.2, 0.25) is 0 Å². The van der Waals surface area contributed by atoms with Gasteiger partial charge >= 0.3 is 6.09 Å². The Bertz CT molecular complexity index is 515. The summed E-state index contributed by atoms with van der Waals surface area (Å²) in [6.45, 7) is 5.75. The van der Waals surface area contributed by atoms with Gasteiger partial charge in [-0.2, -0.15) is 0 Å². The van der Waals surface area contributed by atoms with E-state index in [0.29, 0.717) is 37.2 Å². The Labute approximate surface area is 186 Å². The minimum atomic E-state index is -0.328. The molecular formula is C20H38IN5O2. The van der Waals surface area contributed by atoms with E-state index in [1.165, 1.54) is 32.1 Å². The number of amides is 1. The highest BCUT2D eigenvalue weighted by molar-refractivity contribution is 14.0. The van der Waals surface area contributed by atoms with Gasteiger partial charge in [-0.3, -0.25) is 4.99 Å². The number of hydrogen-bond donors (Lipinski definition) is 3. The summed E-state index contributed by atoms with van der Waals surface area (Å²) < 4.78 is 5.04. The fourth-order valence-corrected chi connectivity index (χ4v) is 4.57. The van der Waals surface area contributed by atoms with Gasteiger partial charge in [-0.05, 0) is 65.3 Å². The van der Waals surface area contributed by atoms with E-state index >= 15 is 0 Å². The largest absolute Gasteiger partial charge is 0.450 e. The molecule has 3 rings (SSSR count). The molecule has 0 spiro atoms. The molecule has 1 aliphatic carbocycles. The number of carbonyl (C=O) groups excluding carboxylic acids is 1. The van der Waals surface area contributed by atoms with Crippen molar-refractivity contribution in [3.63, 3.8) is 0 Å². The number of halogens is 1. The molecule has 3 aliphatic rings. The number of piperidine rings is 2. The van der Waals surface area contributed by atoms with Crippen molar-refractivity contribution in [3.8, 4) is 0 Å². The predicted octanol–water partition coefficient (Wildman–Crippen LogP) is 2.70. The fraction of sp³-hybridized carbons (Fsp3) is 0.900. The van der Waals surface area contributed by atoms with E-state index in [9.17, 15) is 4.79 Å². The molecule has 1 saturated carbocycles. The van der Waals surface area contributed by atoms with Gasteiger partial charge in [-0.25, -0.2) is 4.79 Å². The maximum absolute atomic E-state index is 11.8. The number of fused-ring (bicyclic) bond motifs is 2. The van der Waals surface area contributed by atoms with Crippen molar-refractivity contribution in [2.24, 2.45) is 10.9 Å². The van der Waals surface area contributed by atoms with Crippen LogP contribution < -0.4 is 16.0 Å². The topological polar surface area (TPSA) is 78.0 Å². The van der Waals surface area contributed by atoms with Crippen LogP contribution in [0.1, 0.15) is 58.8 Å². The van der Waals surface area contributed by atoms with E-state index in [0.717, 1.165) is 25.3 Å².